The lowest BCUT2D eigenvalue weighted by Gasteiger charge is -1.98. The van der Waals surface area contributed by atoms with E-state index in [1.165, 1.54) is 0 Å². The van der Waals surface area contributed by atoms with E-state index in [1.54, 1.807) is 18.6 Å². The first-order valence-corrected chi connectivity index (χ1v) is 4.05. The van der Waals surface area contributed by atoms with Crippen molar-refractivity contribution in [2.24, 2.45) is 0 Å². The molecule has 0 aromatic carbocycles. The molecule has 2 aromatic rings. The Morgan fingerprint density at radius 2 is 1.85 bits per heavy atom. The highest BCUT2D eigenvalue weighted by Crippen LogP contribution is 2.11. The molecule has 3 heteroatoms. The molecule has 2 aromatic heterocycles. The van der Waals surface area contributed by atoms with Crippen molar-refractivity contribution < 1.29 is 0 Å². The highest BCUT2D eigenvalue weighted by molar-refractivity contribution is 5.52. The van der Waals surface area contributed by atoms with Crippen molar-refractivity contribution in [2.75, 3.05) is 0 Å². The molecule has 0 atom stereocenters. The molecule has 0 N–H and O–H groups in total. The Balaban J connectivity index is 2.42. The van der Waals surface area contributed by atoms with E-state index in [0.717, 1.165) is 17.0 Å². The molecule has 0 spiro atoms. The topological polar surface area (TPSA) is 38.7 Å². The Labute approximate surface area is 76.5 Å². The average molecular weight is 171 g/mol. The van der Waals surface area contributed by atoms with Crippen LogP contribution in [0.1, 0.15) is 5.56 Å². The van der Waals surface area contributed by atoms with Crippen LogP contribution in [0.25, 0.3) is 11.4 Å². The molecule has 0 saturated carbocycles. The van der Waals surface area contributed by atoms with Crippen molar-refractivity contribution in [3.63, 3.8) is 0 Å². The van der Waals surface area contributed by atoms with Crippen LogP contribution in [0.2, 0.25) is 0 Å². The first-order chi connectivity index (χ1) is 6.36. The minimum Gasteiger partial charge on any atom is -0.261 e. The monoisotopic (exact) mass is 171 g/mol. The van der Waals surface area contributed by atoms with Gasteiger partial charge in [0.05, 0.1) is 11.9 Å². The van der Waals surface area contributed by atoms with Crippen LogP contribution in [0.5, 0.6) is 0 Å². The Bertz CT molecular complexity index is 381. The molecule has 0 unspecified atom stereocenters. The summed E-state index contributed by atoms with van der Waals surface area (Å²) in [5.41, 5.74) is 2.81. The van der Waals surface area contributed by atoms with Crippen LogP contribution in [0.3, 0.4) is 0 Å². The quantitative estimate of drug-likeness (QED) is 0.657. The van der Waals surface area contributed by atoms with Crippen molar-refractivity contribution in [3.8, 4) is 11.4 Å². The molecule has 0 bridgehead atoms. The maximum Gasteiger partial charge on any atom is 0.107 e. The normalized spacial score (nSPS) is 9.92. The summed E-state index contributed by atoms with van der Waals surface area (Å²) >= 11 is 0. The third-order valence-corrected chi connectivity index (χ3v) is 1.74. The smallest absolute Gasteiger partial charge is 0.107 e. The van der Waals surface area contributed by atoms with Gasteiger partial charge in [0.1, 0.15) is 5.69 Å². The van der Waals surface area contributed by atoms with Gasteiger partial charge in [-0.25, -0.2) is 0 Å². The van der Waals surface area contributed by atoms with Crippen molar-refractivity contribution >= 4 is 0 Å². The number of aryl methyl sites for hydroxylation is 1. The summed E-state index contributed by atoms with van der Waals surface area (Å²) in [5, 5.41) is 0. The third-order valence-electron chi connectivity index (χ3n) is 1.74. The number of hydrogen-bond acceptors (Lipinski definition) is 3. The van der Waals surface area contributed by atoms with E-state index in [4.69, 9.17) is 0 Å². The summed E-state index contributed by atoms with van der Waals surface area (Å²) in [5.74, 6) is 0. The van der Waals surface area contributed by atoms with E-state index in [2.05, 4.69) is 15.0 Å². The van der Waals surface area contributed by atoms with Gasteiger partial charge >= 0.3 is 0 Å². The van der Waals surface area contributed by atoms with Crippen molar-refractivity contribution in [1.82, 2.24) is 15.0 Å². The molecule has 13 heavy (non-hydrogen) atoms. The van der Waals surface area contributed by atoms with Crippen LogP contribution in [0.4, 0.5) is 0 Å². The van der Waals surface area contributed by atoms with Gasteiger partial charge in [-0.2, -0.15) is 0 Å². The van der Waals surface area contributed by atoms with Crippen LogP contribution in [-0.4, -0.2) is 15.0 Å². The van der Waals surface area contributed by atoms with Crippen molar-refractivity contribution in [2.45, 2.75) is 6.92 Å². The average Bonchev–Trinajstić information content (AvgIpc) is 2.20. The zero-order valence-electron chi connectivity index (χ0n) is 7.31. The summed E-state index contributed by atoms with van der Waals surface area (Å²) in [7, 11) is 0. The van der Waals surface area contributed by atoms with Crippen LogP contribution < -0.4 is 0 Å². The fraction of sp³-hybridized carbons (Fsp3) is 0.100. The molecule has 2 rings (SSSR count). The Hall–Kier alpha value is -1.77. The van der Waals surface area contributed by atoms with E-state index >= 15 is 0 Å². The van der Waals surface area contributed by atoms with Crippen molar-refractivity contribution in [1.29, 1.82) is 0 Å². The van der Waals surface area contributed by atoms with Gasteiger partial charge in [-0.3, -0.25) is 15.0 Å². The standard InChI is InChI=1S/C10H9N3/c1-8-2-3-9(13-6-8)10-7-11-4-5-12-10/h2-7H,1H3. The fourth-order valence-corrected chi connectivity index (χ4v) is 1.05. The molecule has 0 aliphatic heterocycles. The summed E-state index contributed by atoms with van der Waals surface area (Å²) < 4.78 is 0. The zero-order chi connectivity index (χ0) is 9.10. The minimum absolute atomic E-state index is 0.808. The van der Waals surface area contributed by atoms with E-state index in [1.807, 2.05) is 25.3 Å². The van der Waals surface area contributed by atoms with Gasteiger partial charge in [0.15, 0.2) is 0 Å². The molecule has 0 fully saturated rings. The van der Waals surface area contributed by atoms with E-state index < -0.39 is 0 Å². The van der Waals surface area contributed by atoms with Crippen LogP contribution >= 0.6 is 0 Å². The molecule has 0 aliphatic carbocycles. The minimum atomic E-state index is 0.808. The van der Waals surface area contributed by atoms with E-state index in [0.29, 0.717) is 0 Å². The number of hydrogen-bond donors (Lipinski definition) is 0. The molecule has 2 heterocycles. The van der Waals surface area contributed by atoms with Gasteiger partial charge in [-0.05, 0) is 18.6 Å². The first kappa shape index (κ1) is 7.86. The van der Waals surface area contributed by atoms with Gasteiger partial charge in [0.25, 0.3) is 0 Å². The molecule has 0 amide bonds. The van der Waals surface area contributed by atoms with Gasteiger partial charge in [0.2, 0.25) is 0 Å². The van der Waals surface area contributed by atoms with Gasteiger partial charge < -0.3 is 0 Å². The lowest BCUT2D eigenvalue weighted by atomic mass is 10.2. The second-order valence-electron chi connectivity index (χ2n) is 2.81. The number of aromatic nitrogens is 3. The maximum atomic E-state index is 4.25. The van der Waals surface area contributed by atoms with Gasteiger partial charge in [0, 0.05) is 18.6 Å². The Morgan fingerprint density at radius 1 is 0.923 bits per heavy atom. The summed E-state index contributed by atoms with van der Waals surface area (Å²) in [6.07, 6.45) is 6.84. The van der Waals surface area contributed by atoms with Crippen LogP contribution in [0.15, 0.2) is 36.9 Å². The molecule has 0 radical (unpaired) electrons. The lowest BCUT2D eigenvalue weighted by Crippen LogP contribution is -1.87. The maximum absolute atomic E-state index is 4.25. The lowest BCUT2D eigenvalue weighted by molar-refractivity contribution is 1.17. The third kappa shape index (κ3) is 1.69. The van der Waals surface area contributed by atoms with Gasteiger partial charge in [-0.1, -0.05) is 6.07 Å². The highest BCUT2D eigenvalue weighted by Gasteiger charge is 1.98. The fourth-order valence-electron chi connectivity index (χ4n) is 1.05. The largest absolute Gasteiger partial charge is 0.261 e. The molecule has 3 nitrogen and oxygen atoms in total. The second kappa shape index (κ2) is 3.31. The van der Waals surface area contributed by atoms with E-state index in [9.17, 15) is 0 Å². The van der Waals surface area contributed by atoms with Crippen LogP contribution in [0, 0.1) is 6.92 Å². The predicted octanol–water partition coefficient (Wildman–Crippen LogP) is 1.85. The van der Waals surface area contributed by atoms with Crippen molar-refractivity contribution in [3.05, 3.63) is 42.5 Å². The molecular weight excluding hydrogens is 162 g/mol. The summed E-state index contributed by atoms with van der Waals surface area (Å²) in [4.78, 5) is 12.4. The zero-order valence-corrected chi connectivity index (χ0v) is 7.31. The Morgan fingerprint density at radius 3 is 2.46 bits per heavy atom. The number of pyridine rings is 1. The SMILES string of the molecule is Cc1ccc(-c2cnccn2)nc1. The second-order valence-corrected chi connectivity index (χ2v) is 2.81. The summed E-state index contributed by atoms with van der Waals surface area (Å²) in [6.45, 7) is 2.01. The molecule has 0 saturated heterocycles. The van der Waals surface area contributed by atoms with E-state index in [-0.39, 0.29) is 0 Å². The number of nitrogens with zero attached hydrogens (tertiary/aromatic N) is 3. The molecule has 64 valence electrons. The molecular formula is C10H9N3. The Kier molecular flexibility index (Phi) is 2.00. The first-order valence-electron chi connectivity index (χ1n) is 4.05. The number of rotatable bonds is 1. The predicted molar refractivity (Wildman–Crippen MR) is 50.0 cm³/mol. The van der Waals surface area contributed by atoms with Crippen LogP contribution in [-0.2, 0) is 0 Å². The molecule has 0 aliphatic rings. The summed E-state index contributed by atoms with van der Waals surface area (Å²) in [6, 6.07) is 3.95. The highest BCUT2D eigenvalue weighted by atomic mass is 14.8. The van der Waals surface area contributed by atoms with Gasteiger partial charge in [-0.15, -0.1) is 0 Å².